The van der Waals surface area contributed by atoms with Gasteiger partial charge in [0.15, 0.2) is 0 Å². The number of rotatable bonds is 4. The van der Waals surface area contributed by atoms with Crippen LogP contribution in [0.3, 0.4) is 0 Å². The summed E-state index contributed by atoms with van der Waals surface area (Å²) < 4.78 is 60.9. The Morgan fingerprint density at radius 2 is 2.07 bits per heavy atom. The second-order valence-electron chi connectivity index (χ2n) is 3.25. The van der Waals surface area contributed by atoms with Crippen molar-refractivity contribution in [3.05, 3.63) is 0 Å². The summed E-state index contributed by atoms with van der Waals surface area (Å²) in [6.45, 7) is -0.456. The first-order valence-corrected chi connectivity index (χ1v) is 5.81. The monoisotopic (exact) mass is 247 g/mol. The van der Waals surface area contributed by atoms with Crippen LogP contribution in [0.2, 0.25) is 0 Å². The molecule has 0 aromatic carbocycles. The van der Waals surface area contributed by atoms with Crippen LogP contribution in [0, 0.1) is 0 Å². The van der Waals surface area contributed by atoms with Gasteiger partial charge >= 0.3 is 6.18 Å². The van der Waals surface area contributed by atoms with Gasteiger partial charge in [-0.05, 0) is 13.0 Å². The van der Waals surface area contributed by atoms with Crippen molar-refractivity contribution in [2.45, 2.75) is 18.6 Å². The van der Waals surface area contributed by atoms with E-state index in [9.17, 15) is 21.6 Å². The summed E-state index contributed by atoms with van der Waals surface area (Å²) in [5.74, 6) is 0. The number of alkyl halides is 3. The lowest BCUT2D eigenvalue weighted by Crippen LogP contribution is -2.46. The predicted octanol–water partition coefficient (Wildman–Crippen LogP) is -0.665. The molecule has 1 rings (SSSR count). The Bertz CT molecular complexity index is 297. The van der Waals surface area contributed by atoms with Crippen molar-refractivity contribution in [2.24, 2.45) is 0 Å². The summed E-state index contributed by atoms with van der Waals surface area (Å²) in [6, 6.07) is -0.337. The summed E-state index contributed by atoms with van der Waals surface area (Å²) in [5.41, 5.74) is 0. The highest BCUT2D eigenvalue weighted by Gasteiger charge is 2.30. The van der Waals surface area contributed by atoms with Gasteiger partial charge in [-0.2, -0.15) is 31.0 Å². The van der Waals surface area contributed by atoms with Crippen molar-refractivity contribution in [1.82, 2.24) is 14.8 Å². The minimum absolute atomic E-state index is 0.337. The second-order valence-corrected chi connectivity index (χ2v) is 4.78. The molecule has 1 aliphatic rings. The van der Waals surface area contributed by atoms with Crippen LogP contribution in [0.4, 0.5) is 13.2 Å². The van der Waals surface area contributed by atoms with E-state index in [0.717, 1.165) is 0 Å². The number of halogens is 3. The first-order chi connectivity index (χ1) is 6.79. The van der Waals surface area contributed by atoms with Crippen LogP contribution >= 0.6 is 0 Å². The molecular weight excluding hydrogens is 235 g/mol. The van der Waals surface area contributed by atoms with Gasteiger partial charge in [0.05, 0.1) is 0 Å². The summed E-state index contributed by atoms with van der Waals surface area (Å²) in [4.78, 5) is 0. The van der Waals surface area contributed by atoms with E-state index in [1.807, 2.05) is 0 Å². The van der Waals surface area contributed by atoms with Gasteiger partial charge in [-0.1, -0.05) is 0 Å². The fourth-order valence-corrected chi connectivity index (χ4v) is 2.27. The van der Waals surface area contributed by atoms with Crippen LogP contribution < -0.4 is 14.8 Å². The molecule has 15 heavy (non-hydrogen) atoms. The summed E-state index contributed by atoms with van der Waals surface area (Å²) in [5, 5.41) is 2.89. The lowest BCUT2D eigenvalue weighted by molar-refractivity contribution is -0.121. The van der Waals surface area contributed by atoms with E-state index < -0.39 is 22.9 Å². The van der Waals surface area contributed by atoms with Gasteiger partial charge in [0.2, 0.25) is 0 Å². The Morgan fingerprint density at radius 3 is 2.53 bits per heavy atom. The quantitative estimate of drug-likeness (QED) is 0.617. The molecule has 0 aliphatic carbocycles. The molecule has 90 valence electrons. The zero-order chi connectivity index (χ0) is 11.5. The third kappa shape index (κ3) is 5.30. The number of nitrogens with one attached hydrogen (secondary N) is 3. The maximum Gasteiger partial charge on any atom is 0.402 e. The highest BCUT2D eigenvalue weighted by atomic mass is 32.2. The Kier molecular flexibility index (Phi) is 3.93. The summed E-state index contributed by atoms with van der Waals surface area (Å²) >= 11 is 0. The lowest BCUT2D eigenvalue weighted by Gasteiger charge is -2.13. The molecule has 0 spiro atoms. The Hall–Kier alpha value is -0.380. The molecule has 1 heterocycles. The van der Waals surface area contributed by atoms with Crippen molar-refractivity contribution in [2.75, 3.05) is 19.6 Å². The minimum Gasteiger partial charge on any atom is -0.315 e. The average molecular weight is 247 g/mol. The van der Waals surface area contributed by atoms with E-state index in [1.165, 1.54) is 4.72 Å². The van der Waals surface area contributed by atoms with Crippen LogP contribution in [0.15, 0.2) is 0 Å². The van der Waals surface area contributed by atoms with Crippen molar-refractivity contribution >= 4 is 10.2 Å². The highest BCUT2D eigenvalue weighted by molar-refractivity contribution is 7.87. The molecule has 0 aromatic rings. The van der Waals surface area contributed by atoms with Gasteiger partial charge in [-0.15, -0.1) is 0 Å². The smallest absolute Gasteiger partial charge is 0.315 e. The third-order valence-corrected chi connectivity index (χ3v) is 3.01. The molecule has 0 saturated carbocycles. The Labute approximate surface area is 85.6 Å². The van der Waals surface area contributed by atoms with E-state index in [0.29, 0.717) is 19.5 Å². The first-order valence-electron chi connectivity index (χ1n) is 4.33. The zero-order valence-corrected chi connectivity index (χ0v) is 8.58. The standard InChI is InChI=1S/C6H12F3N3O2S/c7-6(8,9)4-11-15(13,14)12-5-1-2-10-3-5/h5,10-12H,1-4H2/t5-/m1/s1. The number of hydrogen-bond donors (Lipinski definition) is 3. The van der Waals surface area contributed by atoms with E-state index in [4.69, 9.17) is 0 Å². The van der Waals surface area contributed by atoms with Gasteiger partial charge in [0.25, 0.3) is 10.2 Å². The Balaban J connectivity index is 2.38. The fourth-order valence-electron chi connectivity index (χ4n) is 1.19. The predicted molar refractivity (Wildman–Crippen MR) is 47.4 cm³/mol. The van der Waals surface area contributed by atoms with Crippen molar-refractivity contribution in [1.29, 1.82) is 0 Å². The molecule has 3 N–H and O–H groups in total. The zero-order valence-electron chi connectivity index (χ0n) is 7.76. The maximum atomic E-state index is 11.7. The average Bonchev–Trinajstić information content (AvgIpc) is 2.52. The van der Waals surface area contributed by atoms with Gasteiger partial charge in [-0.25, -0.2) is 0 Å². The van der Waals surface area contributed by atoms with E-state index in [2.05, 4.69) is 10.0 Å². The first kappa shape index (κ1) is 12.7. The molecular formula is C6H12F3N3O2S. The van der Waals surface area contributed by atoms with Gasteiger partial charge in [0.1, 0.15) is 6.54 Å². The summed E-state index contributed by atoms with van der Waals surface area (Å²) in [7, 11) is -4.06. The maximum absolute atomic E-state index is 11.7. The highest BCUT2D eigenvalue weighted by Crippen LogP contribution is 2.12. The van der Waals surface area contributed by atoms with Crippen molar-refractivity contribution in [3.63, 3.8) is 0 Å². The molecule has 1 atom stereocenters. The van der Waals surface area contributed by atoms with Crippen LogP contribution in [0.5, 0.6) is 0 Å². The van der Waals surface area contributed by atoms with E-state index in [1.54, 1.807) is 0 Å². The fraction of sp³-hybridized carbons (Fsp3) is 1.00. The molecule has 9 heteroatoms. The normalized spacial score (nSPS) is 23.3. The van der Waals surface area contributed by atoms with Crippen LogP contribution in [0.1, 0.15) is 6.42 Å². The van der Waals surface area contributed by atoms with E-state index >= 15 is 0 Å². The van der Waals surface area contributed by atoms with Crippen molar-refractivity contribution < 1.29 is 21.6 Å². The number of hydrogen-bond acceptors (Lipinski definition) is 3. The lowest BCUT2D eigenvalue weighted by atomic mass is 10.3. The molecule has 1 aliphatic heterocycles. The SMILES string of the molecule is O=S(=O)(NCC(F)(F)F)N[C@@H]1CCNC1. The minimum atomic E-state index is -4.54. The second kappa shape index (κ2) is 4.64. The molecule has 1 fully saturated rings. The van der Waals surface area contributed by atoms with Gasteiger partial charge in [0, 0.05) is 12.6 Å². The molecule has 0 unspecified atom stereocenters. The van der Waals surface area contributed by atoms with Gasteiger partial charge in [-0.3, -0.25) is 0 Å². The summed E-state index contributed by atoms with van der Waals surface area (Å²) in [6.07, 6.45) is -3.96. The Morgan fingerprint density at radius 1 is 1.40 bits per heavy atom. The van der Waals surface area contributed by atoms with Crippen LogP contribution in [-0.2, 0) is 10.2 Å². The molecule has 5 nitrogen and oxygen atoms in total. The molecule has 0 bridgehead atoms. The third-order valence-electron chi connectivity index (χ3n) is 1.84. The molecule has 1 saturated heterocycles. The van der Waals surface area contributed by atoms with Crippen molar-refractivity contribution in [3.8, 4) is 0 Å². The van der Waals surface area contributed by atoms with E-state index in [-0.39, 0.29) is 6.04 Å². The van der Waals surface area contributed by atoms with Crippen LogP contribution in [0.25, 0.3) is 0 Å². The molecule has 0 amide bonds. The molecule has 0 aromatic heterocycles. The largest absolute Gasteiger partial charge is 0.402 e. The molecule has 0 radical (unpaired) electrons. The van der Waals surface area contributed by atoms with Gasteiger partial charge < -0.3 is 5.32 Å². The van der Waals surface area contributed by atoms with Crippen LogP contribution in [-0.4, -0.2) is 40.3 Å². The topological polar surface area (TPSA) is 70.2 Å².